The van der Waals surface area contributed by atoms with E-state index in [4.69, 9.17) is 4.74 Å². The van der Waals surface area contributed by atoms with E-state index in [9.17, 15) is 19.8 Å². The molecule has 3 aliphatic rings. The van der Waals surface area contributed by atoms with Crippen molar-refractivity contribution in [2.24, 2.45) is 34.0 Å². The zero-order valence-electron chi connectivity index (χ0n) is 17.0. The molecule has 0 aromatic rings. The number of esters is 1. The maximum atomic E-state index is 13.1. The fourth-order valence-corrected chi connectivity index (χ4v) is 6.70. The van der Waals surface area contributed by atoms with Crippen molar-refractivity contribution in [1.29, 1.82) is 0 Å². The number of aliphatic hydroxyl groups is 2. The molecule has 5 heteroatoms. The molecule has 8 atom stereocenters. The Hall–Kier alpha value is -1.20. The minimum absolute atomic E-state index is 0.0433. The van der Waals surface area contributed by atoms with Crippen LogP contribution in [0.15, 0.2) is 12.7 Å². The Labute approximate surface area is 162 Å². The third kappa shape index (κ3) is 2.72. The molecule has 27 heavy (non-hydrogen) atoms. The zero-order valence-corrected chi connectivity index (χ0v) is 17.0. The van der Waals surface area contributed by atoms with Crippen LogP contribution in [0.2, 0.25) is 0 Å². The van der Waals surface area contributed by atoms with Crippen molar-refractivity contribution < 1.29 is 24.5 Å². The van der Waals surface area contributed by atoms with Gasteiger partial charge in [-0.25, -0.2) is 4.79 Å². The lowest BCUT2D eigenvalue weighted by atomic mass is 9.44. The lowest BCUT2D eigenvalue weighted by Gasteiger charge is -2.61. The highest BCUT2D eigenvalue weighted by Crippen LogP contribution is 2.67. The SMILES string of the molecule is C=CC1(C)C[C@@H](OC(=O)CO)C2(C)C(C)CCC3(CCC(=O)C32)[C@@H](C)[C@@H]1O. The van der Waals surface area contributed by atoms with Gasteiger partial charge in [-0.05, 0) is 42.9 Å². The molecule has 0 amide bonds. The normalized spacial score (nSPS) is 49.7. The molecule has 152 valence electrons. The van der Waals surface area contributed by atoms with Gasteiger partial charge in [0.15, 0.2) is 0 Å². The zero-order chi connectivity index (χ0) is 20.2. The fourth-order valence-electron chi connectivity index (χ4n) is 6.70. The summed E-state index contributed by atoms with van der Waals surface area (Å²) in [5, 5.41) is 20.6. The molecule has 2 bridgehead atoms. The summed E-state index contributed by atoms with van der Waals surface area (Å²) < 4.78 is 5.77. The van der Waals surface area contributed by atoms with Gasteiger partial charge in [-0.3, -0.25) is 4.79 Å². The van der Waals surface area contributed by atoms with E-state index in [0.717, 1.165) is 19.3 Å². The van der Waals surface area contributed by atoms with Crippen LogP contribution in [0, 0.1) is 34.0 Å². The van der Waals surface area contributed by atoms with Gasteiger partial charge in [0.25, 0.3) is 0 Å². The maximum absolute atomic E-state index is 13.1. The van der Waals surface area contributed by atoms with E-state index in [-0.39, 0.29) is 29.0 Å². The molecule has 3 saturated carbocycles. The van der Waals surface area contributed by atoms with Crippen LogP contribution in [0.3, 0.4) is 0 Å². The number of hydrogen-bond donors (Lipinski definition) is 2. The summed E-state index contributed by atoms with van der Waals surface area (Å²) in [4.78, 5) is 25.2. The highest BCUT2D eigenvalue weighted by molar-refractivity contribution is 5.85. The monoisotopic (exact) mass is 378 g/mol. The summed E-state index contributed by atoms with van der Waals surface area (Å²) >= 11 is 0. The van der Waals surface area contributed by atoms with Crippen LogP contribution in [0.4, 0.5) is 0 Å². The molecule has 0 heterocycles. The van der Waals surface area contributed by atoms with Crippen LogP contribution >= 0.6 is 0 Å². The van der Waals surface area contributed by atoms with E-state index in [1.54, 1.807) is 6.08 Å². The summed E-state index contributed by atoms with van der Waals surface area (Å²) in [6.07, 6.45) is 4.10. The number of ketones is 1. The number of carbonyl (C=O) groups is 2. The Kier molecular flexibility index (Phi) is 5.09. The average Bonchev–Trinajstić information content (AvgIpc) is 3.00. The maximum Gasteiger partial charge on any atom is 0.332 e. The summed E-state index contributed by atoms with van der Waals surface area (Å²) in [6.45, 7) is 11.5. The number of hydrogen-bond acceptors (Lipinski definition) is 5. The smallest absolute Gasteiger partial charge is 0.332 e. The Morgan fingerprint density at radius 3 is 2.59 bits per heavy atom. The fraction of sp³-hybridized carbons (Fsp3) is 0.818. The Balaban J connectivity index is 2.21. The van der Waals surface area contributed by atoms with E-state index < -0.39 is 35.6 Å². The van der Waals surface area contributed by atoms with Crippen molar-refractivity contribution in [1.82, 2.24) is 0 Å². The first kappa shape index (κ1) is 20.5. The summed E-state index contributed by atoms with van der Waals surface area (Å²) in [6, 6.07) is 0. The Morgan fingerprint density at radius 2 is 2.00 bits per heavy atom. The number of carbonyl (C=O) groups excluding carboxylic acids is 2. The van der Waals surface area contributed by atoms with Gasteiger partial charge in [0.1, 0.15) is 18.5 Å². The van der Waals surface area contributed by atoms with Crippen LogP contribution in [-0.4, -0.2) is 40.8 Å². The molecule has 0 saturated heterocycles. The van der Waals surface area contributed by atoms with E-state index in [1.165, 1.54) is 0 Å². The van der Waals surface area contributed by atoms with Crippen molar-refractivity contribution in [3.05, 3.63) is 12.7 Å². The van der Waals surface area contributed by atoms with Crippen molar-refractivity contribution in [2.75, 3.05) is 6.61 Å². The molecule has 0 aromatic carbocycles. The van der Waals surface area contributed by atoms with Gasteiger partial charge >= 0.3 is 5.97 Å². The molecule has 0 radical (unpaired) electrons. The molecule has 2 N–H and O–H groups in total. The van der Waals surface area contributed by atoms with Crippen molar-refractivity contribution >= 4 is 11.8 Å². The standard InChI is InChI=1S/C22H34O5/c1-6-20(4)11-16(27-17(25)12-23)21(5)13(2)7-9-22(14(3)19(20)26)10-8-15(24)18(21)22/h6,13-14,16,18-19,23,26H,1,7-12H2,2-5H3/t13?,14-,16+,18?,19-,20?,21?,22?/m0/s1. The number of ether oxygens (including phenoxy) is 1. The summed E-state index contributed by atoms with van der Waals surface area (Å²) in [5.41, 5.74) is -1.43. The Morgan fingerprint density at radius 1 is 1.33 bits per heavy atom. The minimum atomic E-state index is -0.686. The van der Waals surface area contributed by atoms with Gasteiger partial charge in [-0.15, -0.1) is 6.58 Å². The molecular weight excluding hydrogens is 344 g/mol. The predicted octanol–water partition coefficient (Wildman–Crippen LogP) is 2.89. The number of Topliss-reactive ketones (excluding diaryl/α,β-unsaturated/α-hetero) is 1. The number of aliphatic hydroxyl groups excluding tert-OH is 2. The van der Waals surface area contributed by atoms with Crippen molar-refractivity contribution in [3.8, 4) is 0 Å². The first-order chi connectivity index (χ1) is 12.6. The van der Waals surface area contributed by atoms with Gasteiger partial charge in [-0.2, -0.15) is 0 Å². The van der Waals surface area contributed by atoms with Gasteiger partial charge in [0.05, 0.1) is 6.10 Å². The minimum Gasteiger partial charge on any atom is -0.460 e. The molecule has 5 nitrogen and oxygen atoms in total. The van der Waals surface area contributed by atoms with Gasteiger partial charge in [0, 0.05) is 23.2 Å². The van der Waals surface area contributed by atoms with E-state index >= 15 is 0 Å². The molecule has 5 unspecified atom stereocenters. The topological polar surface area (TPSA) is 83.8 Å². The molecular formula is C22H34O5. The third-order valence-electron chi connectivity index (χ3n) is 8.70. The van der Waals surface area contributed by atoms with Gasteiger partial charge in [-0.1, -0.05) is 33.8 Å². The Bertz CT molecular complexity index is 645. The quantitative estimate of drug-likeness (QED) is 0.583. The second kappa shape index (κ2) is 6.70. The molecule has 0 spiro atoms. The third-order valence-corrected chi connectivity index (χ3v) is 8.70. The van der Waals surface area contributed by atoms with E-state index in [1.807, 2.05) is 6.92 Å². The van der Waals surface area contributed by atoms with Crippen molar-refractivity contribution in [2.45, 2.75) is 72.0 Å². The first-order valence-corrected chi connectivity index (χ1v) is 10.2. The van der Waals surface area contributed by atoms with Crippen LogP contribution in [0.25, 0.3) is 0 Å². The largest absolute Gasteiger partial charge is 0.460 e. The molecule has 3 fully saturated rings. The molecule has 3 aliphatic carbocycles. The van der Waals surface area contributed by atoms with E-state index in [2.05, 4.69) is 27.4 Å². The molecule has 0 aromatic heterocycles. The molecule has 0 aliphatic heterocycles. The van der Waals surface area contributed by atoms with Gasteiger partial charge < -0.3 is 14.9 Å². The summed E-state index contributed by atoms with van der Waals surface area (Å²) in [5.74, 6) is -0.520. The van der Waals surface area contributed by atoms with Crippen molar-refractivity contribution in [3.63, 3.8) is 0 Å². The van der Waals surface area contributed by atoms with Crippen LogP contribution in [-0.2, 0) is 14.3 Å². The first-order valence-electron chi connectivity index (χ1n) is 10.2. The second-order valence-corrected chi connectivity index (χ2v) is 9.72. The van der Waals surface area contributed by atoms with Crippen LogP contribution < -0.4 is 0 Å². The highest BCUT2D eigenvalue weighted by atomic mass is 16.6. The highest BCUT2D eigenvalue weighted by Gasteiger charge is 2.68. The summed E-state index contributed by atoms with van der Waals surface area (Å²) in [7, 11) is 0. The second-order valence-electron chi connectivity index (χ2n) is 9.72. The predicted molar refractivity (Wildman–Crippen MR) is 102 cm³/mol. The number of rotatable bonds is 3. The van der Waals surface area contributed by atoms with E-state index in [0.29, 0.717) is 12.8 Å². The van der Waals surface area contributed by atoms with Crippen LogP contribution in [0.1, 0.15) is 59.8 Å². The van der Waals surface area contributed by atoms with Gasteiger partial charge in [0.2, 0.25) is 0 Å². The lowest BCUT2D eigenvalue weighted by molar-refractivity contribution is -0.207. The lowest BCUT2D eigenvalue weighted by Crippen LogP contribution is -2.63. The molecule has 3 rings (SSSR count). The average molecular weight is 379 g/mol. The van der Waals surface area contributed by atoms with Crippen LogP contribution in [0.5, 0.6) is 0 Å².